The summed E-state index contributed by atoms with van der Waals surface area (Å²) in [6.45, 7) is 4.27. The molecule has 0 fully saturated rings. The lowest BCUT2D eigenvalue weighted by Crippen LogP contribution is -2.32. The zero-order chi connectivity index (χ0) is 19.2. The molecule has 0 aliphatic heterocycles. The predicted octanol–water partition coefficient (Wildman–Crippen LogP) is 1.40. The topological polar surface area (TPSA) is 114 Å². The maximum absolute atomic E-state index is 12.2. The first-order valence-corrected chi connectivity index (χ1v) is 10.8. The average molecular weight is 397 g/mol. The van der Waals surface area contributed by atoms with Crippen molar-refractivity contribution in [3.8, 4) is 0 Å². The molecule has 1 amide bonds. The first-order valence-electron chi connectivity index (χ1n) is 8.30. The van der Waals surface area contributed by atoms with Crippen LogP contribution in [0.5, 0.6) is 0 Å². The summed E-state index contributed by atoms with van der Waals surface area (Å²) in [4.78, 5) is 16.5. The third-order valence-corrected chi connectivity index (χ3v) is 5.89. The molecule has 1 aromatic heterocycles. The van der Waals surface area contributed by atoms with Gasteiger partial charge in [0.1, 0.15) is 5.69 Å². The molecule has 0 atom stereocenters. The van der Waals surface area contributed by atoms with Crippen molar-refractivity contribution in [2.24, 2.45) is 5.73 Å². The molecule has 2 aromatic rings. The molecule has 2 rings (SSSR count). The summed E-state index contributed by atoms with van der Waals surface area (Å²) in [6, 6.07) is 6.99. The van der Waals surface area contributed by atoms with Gasteiger partial charge in [0.15, 0.2) is 0 Å². The van der Waals surface area contributed by atoms with E-state index in [4.69, 9.17) is 5.73 Å². The van der Waals surface area contributed by atoms with Gasteiger partial charge in [0, 0.05) is 24.4 Å². The Kier molecular flexibility index (Phi) is 7.27. The van der Waals surface area contributed by atoms with Gasteiger partial charge in [-0.15, -0.1) is 11.3 Å². The summed E-state index contributed by atoms with van der Waals surface area (Å²) in [5.41, 5.74) is 7.25. The monoisotopic (exact) mass is 396 g/mol. The van der Waals surface area contributed by atoms with Crippen LogP contribution >= 0.6 is 11.3 Å². The van der Waals surface area contributed by atoms with Crippen molar-refractivity contribution in [2.75, 3.05) is 6.54 Å². The van der Waals surface area contributed by atoms with E-state index in [1.807, 2.05) is 6.07 Å². The van der Waals surface area contributed by atoms with Crippen molar-refractivity contribution in [3.63, 3.8) is 0 Å². The van der Waals surface area contributed by atoms with Crippen LogP contribution in [-0.2, 0) is 28.7 Å². The molecule has 0 aliphatic carbocycles. The van der Waals surface area contributed by atoms with Crippen LogP contribution in [0.4, 0.5) is 0 Å². The summed E-state index contributed by atoms with van der Waals surface area (Å²) in [5.74, 6) is -0.420. The fourth-order valence-corrected chi connectivity index (χ4v) is 4.68. The van der Waals surface area contributed by atoms with Crippen LogP contribution in [0, 0.1) is 0 Å². The molecule has 4 N–H and O–H groups in total. The highest BCUT2D eigenvalue weighted by Crippen LogP contribution is 2.14. The zero-order valence-corrected chi connectivity index (χ0v) is 16.5. The number of thiazole rings is 1. The third-order valence-electron chi connectivity index (χ3n) is 3.46. The lowest BCUT2D eigenvalue weighted by Gasteiger charge is -2.13. The Bertz CT molecular complexity index is 847. The van der Waals surface area contributed by atoms with E-state index in [9.17, 15) is 13.2 Å². The second-order valence-electron chi connectivity index (χ2n) is 6.15. The number of sulfonamides is 1. The second-order valence-corrected chi connectivity index (χ2v) is 8.84. The number of carbonyl (C=O) groups excluding carboxylic acids is 1. The number of aromatic nitrogens is 1. The first-order chi connectivity index (χ1) is 12.3. The van der Waals surface area contributed by atoms with E-state index in [0.717, 1.165) is 10.6 Å². The minimum absolute atomic E-state index is 0.130. The number of hydrogen-bond donors (Lipinski definition) is 3. The van der Waals surface area contributed by atoms with Crippen molar-refractivity contribution in [3.05, 3.63) is 51.5 Å². The molecule has 0 saturated heterocycles. The summed E-state index contributed by atoms with van der Waals surface area (Å²) < 4.78 is 26.9. The van der Waals surface area contributed by atoms with Crippen LogP contribution in [0.25, 0.3) is 0 Å². The first kappa shape index (κ1) is 20.5. The van der Waals surface area contributed by atoms with Gasteiger partial charge in [-0.2, -0.15) is 0 Å². The van der Waals surface area contributed by atoms with Crippen LogP contribution in [0.3, 0.4) is 0 Å². The van der Waals surface area contributed by atoms with Crippen molar-refractivity contribution < 1.29 is 13.2 Å². The van der Waals surface area contributed by atoms with Gasteiger partial charge < -0.3 is 11.1 Å². The van der Waals surface area contributed by atoms with Crippen molar-refractivity contribution in [2.45, 2.75) is 38.6 Å². The Morgan fingerprint density at radius 1 is 1.27 bits per heavy atom. The van der Waals surface area contributed by atoms with E-state index < -0.39 is 10.0 Å². The maximum Gasteiger partial charge on any atom is 0.271 e. The van der Waals surface area contributed by atoms with E-state index in [-0.39, 0.29) is 24.2 Å². The third kappa shape index (κ3) is 6.17. The second kappa shape index (κ2) is 9.22. The lowest BCUT2D eigenvalue weighted by molar-refractivity contribution is 0.0946. The Balaban J connectivity index is 2.04. The van der Waals surface area contributed by atoms with Crippen LogP contribution < -0.4 is 15.8 Å². The zero-order valence-electron chi connectivity index (χ0n) is 14.9. The molecular weight excluding hydrogens is 372 g/mol. The van der Waals surface area contributed by atoms with Crippen LogP contribution in [-0.4, -0.2) is 31.9 Å². The number of amides is 1. The van der Waals surface area contributed by atoms with E-state index in [1.54, 1.807) is 37.4 Å². The number of hydrogen-bond acceptors (Lipinski definition) is 6. The Hall–Kier alpha value is -1.81. The molecule has 0 unspecified atom stereocenters. The van der Waals surface area contributed by atoms with Gasteiger partial charge in [0.05, 0.1) is 10.8 Å². The Morgan fingerprint density at radius 2 is 1.96 bits per heavy atom. The fourth-order valence-electron chi connectivity index (χ4n) is 2.40. The summed E-state index contributed by atoms with van der Waals surface area (Å²) in [7, 11) is -3.44. The predicted molar refractivity (Wildman–Crippen MR) is 103 cm³/mol. The van der Waals surface area contributed by atoms with Gasteiger partial charge >= 0.3 is 0 Å². The highest BCUT2D eigenvalue weighted by Gasteiger charge is 2.16. The maximum atomic E-state index is 12.2. The van der Waals surface area contributed by atoms with Crippen LogP contribution in [0.15, 0.2) is 29.6 Å². The Labute approximate surface area is 158 Å². The van der Waals surface area contributed by atoms with Gasteiger partial charge in [-0.1, -0.05) is 24.3 Å². The number of rotatable bonds is 9. The smallest absolute Gasteiger partial charge is 0.271 e. The molecule has 0 saturated carbocycles. The van der Waals surface area contributed by atoms with E-state index >= 15 is 0 Å². The SMILES string of the molecule is CC(C)NS(=O)(=O)Cc1ccccc1CNC(=O)c1csc(CCN)n1. The molecule has 142 valence electrons. The quantitative estimate of drug-likeness (QED) is 0.593. The molecule has 1 heterocycles. The molecule has 0 aliphatic rings. The van der Waals surface area contributed by atoms with Crippen molar-refractivity contribution in [1.82, 2.24) is 15.0 Å². The van der Waals surface area contributed by atoms with E-state index in [1.165, 1.54) is 11.3 Å². The van der Waals surface area contributed by atoms with E-state index in [2.05, 4.69) is 15.0 Å². The van der Waals surface area contributed by atoms with Crippen LogP contribution in [0.2, 0.25) is 0 Å². The average Bonchev–Trinajstić information content (AvgIpc) is 3.01. The highest BCUT2D eigenvalue weighted by molar-refractivity contribution is 7.88. The van der Waals surface area contributed by atoms with E-state index in [0.29, 0.717) is 24.2 Å². The molecule has 26 heavy (non-hydrogen) atoms. The largest absolute Gasteiger partial charge is 0.347 e. The molecule has 0 radical (unpaired) electrons. The molecule has 0 bridgehead atoms. The number of nitrogens with two attached hydrogens (primary N) is 1. The molecule has 9 heteroatoms. The molecule has 0 spiro atoms. The Morgan fingerprint density at radius 3 is 2.62 bits per heavy atom. The minimum atomic E-state index is -3.44. The minimum Gasteiger partial charge on any atom is -0.347 e. The number of nitrogens with one attached hydrogen (secondary N) is 2. The van der Waals surface area contributed by atoms with Gasteiger partial charge in [-0.3, -0.25) is 4.79 Å². The standard InChI is InChI=1S/C17H24N4O3S2/c1-12(2)21-26(23,24)11-14-6-4-3-5-13(14)9-19-17(22)15-10-25-16(20-15)7-8-18/h3-6,10,12,21H,7-9,11,18H2,1-2H3,(H,19,22). The lowest BCUT2D eigenvalue weighted by atomic mass is 10.1. The fraction of sp³-hybridized carbons (Fsp3) is 0.412. The number of carbonyl (C=O) groups is 1. The normalized spacial score (nSPS) is 11.7. The van der Waals surface area contributed by atoms with Gasteiger partial charge in [0.25, 0.3) is 5.91 Å². The summed E-state index contributed by atoms with van der Waals surface area (Å²) >= 11 is 1.40. The highest BCUT2D eigenvalue weighted by atomic mass is 32.2. The van der Waals surface area contributed by atoms with Crippen molar-refractivity contribution in [1.29, 1.82) is 0 Å². The van der Waals surface area contributed by atoms with Gasteiger partial charge in [-0.05, 0) is 31.5 Å². The molecule has 1 aromatic carbocycles. The summed E-state index contributed by atoms with van der Waals surface area (Å²) in [6.07, 6.45) is 0.640. The van der Waals surface area contributed by atoms with Crippen LogP contribution in [0.1, 0.15) is 40.5 Å². The van der Waals surface area contributed by atoms with Crippen molar-refractivity contribution >= 4 is 27.3 Å². The molecule has 7 nitrogen and oxygen atoms in total. The number of nitrogens with zero attached hydrogens (tertiary/aromatic N) is 1. The number of benzene rings is 1. The van der Waals surface area contributed by atoms with Gasteiger partial charge in [-0.25, -0.2) is 18.1 Å². The molecular formula is C17H24N4O3S2. The van der Waals surface area contributed by atoms with Gasteiger partial charge in [0.2, 0.25) is 10.0 Å². The summed E-state index contributed by atoms with van der Waals surface area (Å²) in [5, 5.41) is 5.32.